The van der Waals surface area contributed by atoms with Crippen LogP contribution in [0.15, 0.2) is 16.9 Å². The highest BCUT2D eigenvalue weighted by Crippen LogP contribution is 2.18. The molecule has 2 heterocycles. The van der Waals surface area contributed by atoms with Crippen LogP contribution in [0.3, 0.4) is 0 Å². The fourth-order valence-electron chi connectivity index (χ4n) is 2.22. The van der Waals surface area contributed by atoms with E-state index in [-0.39, 0.29) is 18.2 Å². The van der Waals surface area contributed by atoms with Crippen LogP contribution in [-0.4, -0.2) is 50.4 Å². The van der Waals surface area contributed by atoms with Gasteiger partial charge in [-0.05, 0) is 29.8 Å². The Kier molecular flexibility index (Phi) is 5.76. The van der Waals surface area contributed by atoms with E-state index in [1.165, 1.54) is 11.1 Å². The number of carbonyl (C=O) groups excluding carboxylic acids is 2. The Morgan fingerprint density at radius 1 is 1.25 bits per heavy atom. The molecule has 0 aliphatic heterocycles. The maximum atomic E-state index is 12.3. The molecule has 2 aromatic rings. The van der Waals surface area contributed by atoms with Crippen molar-refractivity contribution < 1.29 is 9.59 Å². The van der Waals surface area contributed by atoms with E-state index < -0.39 is 0 Å². The fourth-order valence-corrected chi connectivity index (χ4v) is 2.52. The van der Waals surface area contributed by atoms with Gasteiger partial charge in [-0.1, -0.05) is 0 Å². The van der Waals surface area contributed by atoms with Crippen molar-refractivity contribution in [1.29, 1.82) is 0 Å². The van der Waals surface area contributed by atoms with Gasteiger partial charge in [0.15, 0.2) is 0 Å². The Morgan fingerprint density at radius 3 is 2.46 bits per heavy atom. The standard InChI is InChI=1S/C15H21BrN6O2/c1-5-21-14(15(24)20(3)4)12(9-18-21)19-13(23)6-7-22-10(2)11(16)8-17-22/h8-9H,5-7H2,1-4H3,(H,19,23). The van der Waals surface area contributed by atoms with E-state index in [9.17, 15) is 9.59 Å². The lowest BCUT2D eigenvalue weighted by Gasteiger charge is -2.13. The molecular weight excluding hydrogens is 376 g/mol. The Hall–Kier alpha value is -2.16. The lowest BCUT2D eigenvalue weighted by atomic mass is 10.3. The summed E-state index contributed by atoms with van der Waals surface area (Å²) >= 11 is 3.39. The van der Waals surface area contributed by atoms with Crippen molar-refractivity contribution in [1.82, 2.24) is 24.5 Å². The SMILES string of the molecule is CCn1ncc(NC(=O)CCn2ncc(Br)c2C)c1C(=O)N(C)C. The Morgan fingerprint density at radius 2 is 1.92 bits per heavy atom. The summed E-state index contributed by atoms with van der Waals surface area (Å²) in [5, 5.41) is 11.1. The summed E-state index contributed by atoms with van der Waals surface area (Å²) in [5.41, 5.74) is 1.78. The van der Waals surface area contributed by atoms with Gasteiger partial charge in [0.25, 0.3) is 5.91 Å². The van der Waals surface area contributed by atoms with Gasteiger partial charge in [-0.3, -0.25) is 19.0 Å². The number of hydrogen-bond donors (Lipinski definition) is 1. The van der Waals surface area contributed by atoms with E-state index in [2.05, 4.69) is 31.4 Å². The molecule has 0 aromatic carbocycles. The van der Waals surface area contributed by atoms with Crippen molar-refractivity contribution in [3.05, 3.63) is 28.3 Å². The highest BCUT2D eigenvalue weighted by molar-refractivity contribution is 9.10. The number of nitrogens with one attached hydrogen (secondary N) is 1. The number of carbonyl (C=O) groups is 2. The van der Waals surface area contributed by atoms with E-state index in [0.717, 1.165) is 10.2 Å². The molecule has 0 fully saturated rings. The number of hydrogen-bond acceptors (Lipinski definition) is 4. The minimum atomic E-state index is -0.198. The molecule has 9 heteroatoms. The van der Waals surface area contributed by atoms with Crippen LogP contribution in [0.1, 0.15) is 29.5 Å². The summed E-state index contributed by atoms with van der Waals surface area (Å²) < 4.78 is 4.24. The first-order chi connectivity index (χ1) is 11.3. The molecular formula is C15H21BrN6O2. The molecule has 2 amide bonds. The first kappa shape index (κ1) is 18.2. The number of halogens is 1. The topological polar surface area (TPSA) is 85.0 Å². The third-order valence-electron chi connectivity index (χ3n) is 3.62. The van der Waals surface area contributed by atoms with Gasteiger partial charge in [0.2, 0.25) is 5.91 Å². The molecule has 0 aliphatic rings. The van der Waals surface area contributed by atoms with Crippen molar-refractivity contribution in [2.24, 2.45) is 0 Å². The second kappa shape index (κ2) is 7.61. The number of aromatic nitrogens is 4. The Labute approximate surface area is 148 Å². The molecule has 0 saturated heterocycles. The molecule has 0 aliphatic carbocycles. The van der Waals surface area contributed by atoms with Crippen LogP contribution >= 0.6 is 15.9 Å². The maximum absolute atomic E-state index is 12.3. The normalized spacial score (nSPS) is 10.7. The average molecular weight is 397 g/mol. The monoisotopic (exact) mass is 396 g/mol. The van der Waals surface area contributed by atoms with Gasteiger partial charge in [0, 0.05) is 32.8 Å². The van der Waals surface area contributed by atoms with Gasteiger partial charge in [-0.2, -0.15) is 10.2 Å². The zero-order chi connectivity index (χ0) is 17.9. The van der Waals surface area contributed by atoms with Crippen LogP contribution in [0.2, 0.25) is 0 Å². The molecule has 0 atom stereocenters. The molecule has 0 bridgehead atoms. The first-order valence-electron chi connectivity index (χ1n) is 7.60. The fraction of sp³-hybridized carbons (Fsp3) is 0.467. The summed E-state index contributed by atoms with van der Waals surface area (Å²) in [4.78, 5) is 26.0. The van der Waals surface area contributed by atoms with Gasteiger partial charge in [0.05, 0.1) is 29.1 Å². The number of rotatable bonds is 6. The highest BCUT2D eigenvalue weighted by Gasteiger charge is 2.21. The average Bonchev–Trinajstić information content (AvgIpc) is 3.09. The molecule has 8 nitrogen and oxygen atoms in total. The zero-order valence-electron chi connectivity index (χ0n) is 14.2. The summed E-state index contributed by atoms with van der Waals surface area (Å²) in [6.07, 6.45) is 3.46. The van der Waals surface area contributed by atoms with Crippen LogP contribution in [0.5, 0.6) is 0 Å². The lowest BCUT2D eigenvalue weighted by Crippen LogP contribution is -2.26. The first-order valence-corrected chi connectivity index (χ1v) is 8.39. The van der Waals surface area contributed by atoms with Crippen LogP contribution in [0, 0.1) is 6.92 Å². The molecule has 2 rings (SSSR count). The third kappa shape index (κ3) is 3.84. The Bertz CT molecular complexity index is 749. The Balaban J connectivity index is 2.07. The van der Waals surface area contributed by atoms with E-state index in [1.807, 2.05) is 13.8 Å². The van der Waals surface area contributed by atoms with E-state index in [0.29, 0.717) is 24.5 Å². The molecule has 0 saturated carbocycles. The van der Waals surface area contributed by atoms with Crippen molar-refractivity contribution in [3.63, 3.8) is 0 Å². The van der Waals surface area contributed by atoms with Crippen molar-refractivity contribution >= 4 is 33.4 Å². The molecule has 2 aromatic heterocycles. The quantitative estimate of drug-likeness (QED) is 0.807. The van der Waals surface area contributed by atoms with Gasteiger partial charge in [-0.25, -0.2) is 0 Å². The predicted molar refractivity (Wildman–Crippen MR) is 93.8 cm³/mol. The molecule has 0 radical (unpaired) electrons. The van der Waals surface area contributed by atoms with Gasteiger partial charge in [0.1, 0.15) is 5.69 Å². The smallest absolute Gasteiger partial charge is 0.273 e. The number of anilines is 1. The van der Waals surface area contributed by atoms with Crippen LogP contribution < -0.4 is 5.32 Å². The molecule has 24 heavy (non-hydrogen) atoms. The predicted octanol–water partition coefficient (Wildman–Crippen LogP) is 1.90. The molecule has 130 valence electrons. The second-order valence-electron chi connectivity index (χ2n) is 5.52. The summed E-state index contributed by atoms with van der Waals surface area (Å²) in [6, 6.07) is 0. The largest absolute Gasteiger partial charge is 0.343 e. The van der Waals surface area contributed by atoms with E-state index in [1.54, 1.807) is 29.7 Å². The van der Waals surface area contributed by atoms with Gasteiger partial charge in [-0.15, -0.1) is 0 Å². The summed E-state index contributed by atoms with van der Waals surface area (Å²) in [6.45, 7) is 4.82. The molecule has 0 unspecified atom stereocenters. The van der Waals surface area contributed by atoms with Crippen LogP contribution in [-0.2, 0) is 17.9 Å². The number of nitrogens with zero attached hydrogens (tertiary/aromatic N) is 5. The summed E-state index contributed by atoms with van der Waals surface area (Å²) in [7, 11) is 3.33. The van der Waals surface area contributed by atoms with E-state index >= 15 is 0 Å². The molecule has 1 N–H and O–H groups in total. The molecule has 0 spiro atoms. The zero-order valence-corrected chi connectivity index (χ0v) is 15.8. The maximum Gasteiger partial charge on any atom is 0.273 e. The number of aryl methyl sites for hydroxylation is 2. The summed E-state index contributed by atoms with van der Waals surface area (Å²) in [5.74, 6) is -0.388. The van der Waals surface area contributed by atoms with Crippen molar-refractivity contribution in [2.45, 2.75) is 33.4 Å². The van der Waals surface area contributed by atoms with Crippen molar-refractivity contribution in [3.8, 4) is 0 Å². The second-order valence-corrected chi connectivity index (χ2v) is 6.38. The van der Waals surface area contributed by atoms with E-state index in [4.69, 9.17) is 0 Å². The third-order valence-corrected chi connectivity index (χ3v) is 4.39. The minimum Gasteiger partial charge on any atom is -0.343 e. The van der Waals surface area contributed by atoms with Crippen LogP contribution in [0.4, 0.5) is 5.69 Å². The van der Waals surface area contributed by atoms with Crippen LogP contribution in [0.25, 0.3) is 0 Å². The minimum absolute atomic E-state index is 0.190. The van der Waals surface area contributed by atoms with Gasteiger partial charge >= 0.3 is 0 Å². The lowest BCUT2D eigenvalue weighted by molar-refractivity contribution is -0.116. The van der Waals surface area contributed by atoms with Crippen molar-refractivity contribution in [2.75, 3.05) is 19.4 Å². The number of amides is 2. The highest BCUT2D eigenvalue weighted by atomic mass is 79.9. The van der Waals surface area contributed by atoms with Gasteiger partial charge < -0.3 is 10.2 Å².